The van der Waals surface area contributed by atoms with Crippen LogP contribution in [0.3, 0.4) is 0 Å². The van der Waals surface area contributed by atoms with Gasteiger partial charge in [0.25, 0.3) is 5.91 Å². The van der Waals surface area contributed by atoms with Crippen LogP contribution < -0.4 is 5.32 Å². The zero-order chi connectivity index (χ0) is 20.6. The Kier molecular flexibility index (Phi) is 7.85. The Labute approximate surface area is 159 Å². The van der Waals surface area contributed by atoms with Crippen LogP contribution in [0.25, 0.3) is 0 Å². The molecule has 1 amide bonds. The third-order valence-corrected chi connectivity index (χ3v) is 4.66. The Bertz CT molecular complexity index is 753. The van der Waals surface area contributed by atoms with Crippen molar-refractivity contribution in [1.29, 1.82) is 0 Å². The van der Waals surface area contributed by atoms with E-state index in [1.165, 1.54) is 4.90 Å². The van der Waals surface area contributed by atoms with Crippen LogP contribution in [0.4, 0.5) is 5.69 Å². The molecule has 1 rings (SSSR count). The summed E-state index contributed by atoms with van der Waals surface area (Å²) in [4.78, 5) is 37.4. The van der Waals surface area contributed by atoms with E-state index in [2.05, 4.69) is 11.2 Å². The number of nitrogens with zero attached hydrogens (tertiary/aromatic N) is 1. The van der Waals surface area contributed by atoms with Gasteiger partial charge in [-0.3, -0.25) is 9.59 Å². The number of amides is 1. The van der Waals surface area contributed by atoms with Gasteiger partial charge in [0, 0.05) is 24.2 Å². The number of carboxylic acid groups (broad SMARTS) is 2. The van der Waals surface area contributed by atoms with Crippen molar-refractivity contribution in [3.05, 3.63) is 29.3 Å². The molecule has 0 saturated heterocycles. The molecule has 0 aliphatic carbocycles. The quantitative estimate of drug-likeness (QED) is 0.544. The SMILES string of the molecule is C#CCNc1ccc(C(=O)N(CC)[C@](CC)(CCC(=O)O)C(=O)O)c(C)c1. The minimum absolute atomic E-state index is 0.107. The largest absolute Gasteiger partial charge is 0.481 e. The van der Waals surface area contributed by atoms with Crippen molar-refractivity contribution in [3.8, 4) is 12.3 Å². The van der Waals surface area contributed by atoms with Crippen molar-refractivity contribution in [3.63, 3.8) is 0 Å². The number of carbonyl (C=O) groups is 3. The first-order valence-corrected chi connectivity index (χ1v) is 8.78. The van der Waals surface area contributed by atoms with E-state index < -0.39 is 23.4 Å². The maximum Gasteiger partial charge on any atom is 0.329 e. The number of rotatable bonds is 10. The van der Waals surface area contributed by atoms with Crippen LogP contribution >= 0.6 is 0 Å². The molecule has 0 aliphatic rings. The molecule has 3 N–H and O–H groups in total. The lowest BCUT2D eigenvalue weighted by molar-refractivity contribution is -0.151. The Morgan fingerprint density at radius 2 is 1.93 bits per heavy atom. The molecule has 0 bridgehead atoms. The standard InChI is InChI=1S/C20H26N2O5/c1-5-12-21-15-8-9-16(14(4)13-15)18(25)22(7-3)20(6-2,19(26)27)11-10-17(23)24/h1,8-9,13,21H,6-7,10-12H2,2-4H3,(H,23,24)(H,26,27)/t20-/m1/s1. The van der Waals surface area contributed by atoms with E-state index in [1.807, 2.05) is 0 Å². The van der Waals surface area contributed by atoms with Crippen LogP contribution in [-0.4, -0.2) is 51.6 Å². The van der Waals surface area contributed by atoms with Gasteiger partial charge in [0.05, 0.1) is 6.54 Å². The number of anilines is 1. The van der Waals surface area contributed by atoms with E-state index in [-0.39, 0.29) is 25.8 Å². The topological polar surface area (TPSA) is 107 Å². The van der Waals surface area contributed by atoms with Crippen LogP contribution in [0.5, 0.6) is 0 Å². The van der Waals surface area contributed by atoms with Gasteiger partial charge in [-0.05, 0) is 50.5 Å². The molecule has 0 saturated carbocycles. The van der Waals surface area contributed by atoms with Crippen LogP contribution in [0, 0.1) is 19.3 Å². The first kappa shape index (κ1) is 22.0. The van der Waals surface area contributed by atoms with Gasteiger partial charge in [0.15, 0.2) is 0 Å². The van der Waals surface area contributed by atoms with Crippen LogP contribution in [0.15, 0.2) is 18.2 Å². The molecular weight excluding hydrogens is 348 g/mol. The van der Waals surface area contributed by atoms with E-state index in [1.54, 1.807) is 39.0 Å². The summed E-state index contributed by atoms with van der Waals surface area (Å²) in [5.41, 5.74) is 0.236. The van der Waals surface area contributed by atoms with E-state index in [4.69, 9.17) is 11.5 Å². The first-order chi connectivity index (χ1) is 12.7. The van der Waals surface area contributed by atoms with E-state index in [0.717, 1.165) is 5.69 Å². The molecule has 1 aromatic carbocycles. The zero-order valence-electron chi connectivity index (χ0n) is 15.9. The molecule has 1 aromatic rings. The molecular formula is C20H26N2O5. The number of aryl methyl sites for hydroxylation is 1. The van der Waals surface area contributed by atoms with E-state index in [9.17, 15) is 19.5 Å². The number of carboxylic acids is 2. The molecule has 7 nitrogen and oxygen atoms in total. The van der Waals surface area contributed by atoms with Crippen molar-refractivity contribution >= 4 is 23.5 Å². The summed E-state index contributed by atoms with van der Waals surface area (Å²) >= 11 is 0. The van der Waals surface area contributed by atoms with Gasteiger partial charge < -0.3 is 20.4 Å². The van der Waals surface area contributed by atoms with Gasteiger partial charge >= 0.3 is 11.9 Å². The monoisotopic (exact) mass is 374 g/mol. The van der Waals surface area contributed by atoms with Crippen molar-refractivity contribution in [2.45, 2.75) is 45.6 Å². The fourth-order valence-corrected chi connectivity index (χ4v) is 3.14. The molecule has 0 unspecified atom stereocenters. The number of benzene rings is 1. The highest BCUT2D eigenvalue weighted by molar-refractivity contribution is 5.99. The van der Waals surface area contributed by atoms with Gasteiger partial charge in [-0.1, -0.05) is 12.8 Å². The summed E-state index contributed by atoms with van der Waals surface area (Å²) in [6, 6.07) is 5.10. The van der Waals surface area contributed by atoms with Crippen molar-refractivity contribution in [2.75, 3.05) is 18.4 Å². The second kappa shape index (κ2) is 9.62. The molecule has 7 heteroatoms. The molecule has 0 heterocycles. The van der Waals surface area contributed by atoms with Crippen LogP contribution in [0.2, 0.25) is 0 Å². The Morgan fingerprint density at radius 1 is 1.26 bits per heavy atom. The number of aliphatic carboxylic acids is 2. The number of carbonyl (C=O) groups excluding carboxylic acids is 1. The van der Waals surface area contributed by atoms with Gasteiger partial charge in [0.2, 0.25) is 0 Å². The fraction of sp³-hybridized carbons (Fsp3) is 0.450. The lowest BCUT2D eigenvalue weighted by atomic mass is 9.87. The smallest absolute Gasteiger partial charge is 0.329 e. The fourth-order valence-electron chi connectivity index (χ4n) is 3.14. The number of hydrogen-bond acceptors (Lipinski definition) is 4. The summed E-state index contributed by atoms with van der Waals surface area (Å²) < 4.78 is 0. The first-order valence-electron chi connectivity index (χ1n) is 8.78. The second-order valence-corrected chi connectivity index (χ2v) is 6.22. The minimum Gasteiger partial charge on any atom is -0.481 e. The van der Waals surface area contributed by atoms with Crippen molar-refractivity contribution in [2.24, 2.45) is 0 Å². The number of terminal acetylenes is 1. The summed E-state index contributed by atoms with van der Waals surface area (Å²) in [6.07, 6.45) is 4.83. The Morgan fingerprint density at radius 3 is 2.37 bits per heavy atom. The number of likely N-dealkylation sites (N-methyl/N-ethyl adjacent to an activating group) is 1. The van der Waals surface area contributed by atoms with Crippen LogP contribution in [-0.2, 0) is 9.59 Å². The predicted molar refractivity (Wildman–Crippen MR) is 103 cm³/mol. The highest BCUT2D eigenvalue weighted by atomic mass is 16.4. The third kappa shape index (κ3) is 5.00. The lowest BCUT2D eigenvalue weighted by Gasteiger charge is -2.39. The molecule has 27 heavy (non-hydrogen) atoms. The van der Waals surface area contributed by atoms with E-state index in [0.29, 0.717) is 17.7 Å². The normalized spacial score (nSPS) is 12.5. The van der Waals surface area contributed by atoms with E-state index >= 15 is 0 Å². The van der Waals surface area contributed by atoms with Gasteiger partial charge in [-0.15, -0.1) is 6.42 Å². The molecule has 0 spiro atoms. The van der Waals surface area contributed by atoms with Gasteiger partial charge in [-0.25, -0.2) is 4.79 Å². The number of hydrogen-bond donors (Lipinski definition) is 3. The minimum atomic E-state index is -1.57. The maximum absolute atomic E-state index is 13.1. The van der Waals surface area contributed by atoms with Gasteiger partial charge in [-0.2, -0.15) is 0 Å². The maximum atomic E-state index is 13.1. The van der Waals surface area contributed by atoms with Crippen molar-refractivity contribution in [1.82, 2.24) is 4.90 Å². The van der Waals surface area contributed by atoms with Crippen molar-refractivity contribution < 1.29 is 24.6 Å². The van der Waals surface area contributed by atoms with Crippen LogP contribution in [0.1, 0.15) is 49.0 Å². The Balaban J connectivity index is 3.28. The molecule has 0 aromatic heterocycles. The Hall–Kier alpha value is -3.01. The zero-order valence-corrected chi connectivity index (χ0v) is 15.9. The third-order valence-electron chi connectivity index (χ3n) is 4.66. The predicted octanol–water partition coefficient (Wildman–Crippen LogP) is 2.60. The summed E-state index contributed by atoms with van der Waals surface area (Å²) in [7, 11) is 0. The molecule has 0 aliphatic heterocycles. The summed E-state index contributed by atoms with van der Waals surface area (Å²) in [6.45, 7) is 5.58. The lowest BCUT2D eigenvalue weighted by Crippen LogP contribution is -2.57. The summed E-state index contributed by atoms with van der Waals surface area (Å²) in [5.74, 6) is -0.275. The average Bonchev–Trinajstić information content (AvgIpc) is 2.62. The molecule has 1 atom stereocenters. The highest BCUT2D eigenvalue weighted by Crippen LogP contribution is 2.29. The second-order valence-electron chi connectivity index (χ2n) is 6.22. The highest BCUT2D eigenvalue weighted by Gasteiger charge is 2.45. The average molecular weight is 374 g/mol. The molecule has 146 valence electrons. The summed E-state index contributed by atoms with van der Waals surface area (Å²) in [5, 5.41) is 21.8. The van der Waals surface area contributed by atoms with Gasteiger partial charge in [0.1, 0.15) is 5.54 Å². The molecule has 0 fully saturated rings. The number of nitrogens with one attached hydrogen (secondary N) is 1. The molecule has 0 radical (unpaired) electrons.